The highest BCUT2D eigenvalue weighted by Gasteiger charge is 2.16. The number of aryl methyl sites for hydroxylation is 4. The summed E-state index contributed by atoms with van der Waals surface area (Å²) < 4.78 is 0. The van der Waals surface area contributed by atoms with Crippen LogP contribution in [0.4, 0.5) is 0 Å². The zero-order valence-corrected chi connectivity index (χ0v) is 26.6. The number of hydrogen-bond donors (Lipinski definition) is 0. The Morgan fingerprint density at radius 1 is 0.375 bits per heavy atom. The Morgan fingerprint density at radius 3 is 1.02 bits per heavy atom. The lowest BCUT2D eigenvalue weighted by atomic mass is 9.85. The highest BCUT2D eigenvalue weighted by molar-refractivity contribution is 6.25. The fraction of sp³-hybridized carbons (Fsp3) is 0.600. The van der Waals surface area contributed by atoms with Gasteiger partial charge in [0.15, 0.2) is 0 Å². The van der Waals surface area contributed by atoms with Gasteiger partial charge in [0.1, 0.15) is 0 Å². The summed E-state index contributed by atoms with van der Waals surface area (Å²) in [7, 11) is 0. The third-order valence-electron chi connectivity index (χ3n) is 9.58. The quantitative estimate of drug-likeness (QED) is 0.0775. The number of unbranched alkanes of at least 4 members (excludes halogenated alkanes) is 16. The van der Waals surface area contributed by atoms with Gasteiger partial charge in [0.2, 0.25) is 0 Å². The minimum atomic E-state index is 1.22. The van der Waals surface area contributed by atoms with Crippen molar-refractivity contribution in [1.82, 2.24) is 0 Å². The Balaban J connectivity index is 1.43. The van der Waals surface area contributed by atoms with E-state index in [9.17, 15) is 0 Å². The van der Waals surface area contributed by atoms with Crippen molar-refractivity contribution in [1.29, 1.82) is 0 Å². The van der Waals surface area contributed by atoms with Crippen LogP contribution in [0.3, 0.4) is 0 Å². The minimum absolute atomic E-state index is 1.22. The third-order valence-corrected chi connectivity index (χ3v) is 9.58. The second kappa shape index (κ2) is 16.4. The molecule has 0 heteroatoms. The standard InChI is InChI=1S/C40H58/c1-5-7-9-11-13-15-16-18-20-22-24-34-30-32(4)36-26-25-35-31(3)29-33(23-21-19-17-14-12-10-8-6-2)37-27-28-38(34)40(36)39(35)37/h25-30H,5-24H2,1-4H3. The maximum atomic E-state index is 2.50. The average Bonchev–Trinajstić information content (AvgIpc) is 2.96. The third kappa shape index (κ3) is 8.02. The first-order valence-corrected chi connectivity index (χ1v) is 17.3. The van der Waals surface area contributed by atoms with Crippen LogP contribution in [-0.4, -0.2) is 0 Å². The van der Waals surface area contributed by atoms with Crippen LogP contribution in [0, 0.1) is 13.8 Å². The molecule has 0 aromatic heterocycles. The molecule has 0 aliphatic heterocycles. The average molecular weight is 539 g/mol. The molecule has 0 aliphatic rings. The largest absolute Gasteiger partial charge is 0.0654 e. The molecule has 0 heterocycles. The summed E-state index contributed by atoms with van der Waals surface area (Å²) >= 11 is 0. The van der Waals surface area contributed by atoms with E-state index in [4.69, 9.17) is 0 Å². The molecule has 0 bridgehead atoms. The van der Waals surface area contributed by atoms with Crippen molar-refractivity contribution in [3.63, 3.8) is 0 Å². The Kier molecular flexibility index (Phi) is 12.6. The molecule has 40 heavy (non-hydrogen) atoms. The molecule has 0 radical (unpaired) electrons. The molecule has 0 fully saturated rings. The van der Waals surface area contributed by atoms with E-state index >= 15 is 0 Å². The summed E-state index contributed by atoms with van der Waals surface area (Å²) in [5, 5.41) is 9.03. The van der Waals surface area contributed by atoms with E-state index in [1.165, 1.54) is 172 Å². The lowest BCUT2D eigenvalue weighted by molar-refractivity contribution is 0.556. The van der Waals surface area contributed by atoms with Crippen LogP contribution >= 0.6 is 0 Å². The smallest absolute Gasteiger partial charge is 0.00212 e. The molecule has 0 aliphatic carbocycles. The fourth-order valence-electron chi connectivity index (χ4n) is 7.19. The van der Waals surface area contributed by atoms with E-state index in [1.54, 1.807) is 11.1 Å². The lowest BCUT2D eigenvalue weighted by Crippen LogP contribution is -1.97. The zero-order chi connectivity index (χ0) is 28.2. The van der Waals surface area contributed by atoms with Crippen LogP contribution in [0.5, 0.6) is 0 Å². The van der Waals surface area contributed by atoms with Crippen molar-refractivity contribution in [2.45, 2.75) is 156 Å². The van der Waals surface area contributed by atoms with Crippen LogP contribution in [0.25, 0.3) is 32.3 Å². The van der Waals surface area contributed by atoms with Crippen molar-refractivity contribution in [2.75, 3.05) is 0 Å². The van der Waals surface area contributed by atoms with Crippen molar-refractivity contribution >= 4 is 32.3 Å². The van der Waals surface area contributed by atoms with Gasteiger partial charge in [-0.2, -0.15) is 0 Å². The monoisotopic (exact) mass is 538 g/mol. The lowest BCUT2D eigenvalue weighted by Gasteiger charge is -2.19. The van der Waals surface area contributed by atoms with Crippen molar-refractivity contribution in [3.8, 4) is 0 Å². The normalized spacial score (nSPS) is 12.0. The van der Waals surface area contributed by atoms with Gasteiger partial charge >= 0.3 is 0 Å². The Bertz CT molecular complexity index is 1290. The van der Waals surface area contributed by atoms with Crippen molar-refractivity contribution in [2.24, 2.45) is 0 Å². The van der Waals surface area contributed by atoms with Gasteiger partial charge < -0.3 is 0 Å². The molecule has 0 amide bonds. The van der Waals surface area contributed by atoms with Gasteiger partial charge in [-0.3, -0.25) is 0 Å². The van der Waals surface area contributed by atoms with Crippen LogP contribution in [0.15, 0.2) is 36.4 Å². The molecule has 0 saturated heterocycles. The van der Waals surface area contributed by atoms with E-state index in [2.05, 4.69) is 64.1 Å². The topological polar surface area (TPSA) is 0 Å². The van der Waals surface area contributed by atoms with Gasteiger partial charge in [0.25, 0.3) is 0 Å². The molecule has 4 rings (SSSR count). The first-order chi connectivity index (χ1) is 19.7. The van der Waals surface area contributed by atoms with Crippen LogP contribution in [0.1, 0.15) is 152 Å². The molecule has 0 atom stereocenters. The molecule has 0 unspecified atom stereocenters. The van der Waals surface area contributed by atoms with Crippen LogP contribution in [0.2, 0.25) is 0 Å². The van der Waals surface area contributed by atoms with Crippen LogP contribution < -0.4 is 0 Å². The fourth-order valence-corrected chi connectivity index (χ4v) is 7.19. The molecule has 0 nitrogen and oxygen atoms in total. The zero-order valence-electron chi connectivity index (χ0n) is 26.6. The Labute approximate surface area is 246 Å². The molecule has 0 spiro atoms. The maximum Gasteiger partial charge on any atom is -0.00212 e. The SMILES string of the molecule is CCCCCCCCCCCCc1cc(C)c2ccc3c(C)cc(CCCCCCCCCC)c4ccc1c2c34. The number of benzene rings is 4. The summed E-state index contributed by atoms with van der Waals surface area (Å²) in [4.78, 5) is 0. The molecule has 0 N–H and O–H groups in total. The Hall–Kier alpha value is -2.08. The summed E-state index contributed by atoms with van der Waals surface area (Å²) in [6.07, 6.45) is 27.6. The minimum Gasteiger partial charge on any atom is -0.0654 e. The van der Waals surface area contributed by atoms with Crippen LogP contribution in [-0.2, 0) is 12.8 Å². The van der Waals surface area contributed by atoms with E-state index in [1.807, 2.05) is 0 Å². The van der Waals surface area contributed by atoms with E-state index < -0.39 is 0 Å². The summed E-state index contributed by atoms with van der Waals surface area (Å²) in [5.74, 6) is 0. The highest BCUT2D eigenvalue weighted by atomic mass is 14.2. The van der Waals surface area contributed by atoms with E-state index in [-0.39, 0.29) is 0 Å². The van der Waals surface area contributed by atoms with Gasteiger partial charge in [0.05, 0.1) is 0 Å². The first kappa shape index (κ1) is 30.9. The maximum absolute atomic E-state index is 2.50. The van der Waals surface area contributed by atoms with Gasteiger partial charge in [0, 0.05) is 0 Å². The predicted octanol–water partition coefficient (Wildman–Crippen LogP) is 13.3. The summed E-state index contributed by atoms with van der Waals surface area (Å²) in [5.41, 5.74) is 6.05. The van der Waals surface area contributed by atoms with Crippen molar-refractivity contribution < 1.29 is 0 Å². The molecule has 218 valence electrons. The second-order valence-corrected chi connectivity index (χ2v) is 12.9. The van der Waals surface area contributed by atoms with E-state index in [0.29, 0.717) is 0 Å². The molecule has 0 saturated carbocycles. The highest BCUT2D eigenvalue weighted by Crippen LogP contribution is 2.40. The molecular weight excluding hydrogens is 480 g/mol. The van der Waals surface area contributed by atoms with E-state index in [0.717, 1.165) is 0 Å². The van der Waals surface area contributed by atoms with Gasteiger partial charge in [-0.05, 0) is 94.1 Å². The predicted molar refractivity (Wildman–Crippen MR) is 181 cm³/mol. The second-order valence-electron chi connectivity index (χ2n) is 12.9. The molecule has 4 aromatic carbocycles. The molecule has 4 aromatic rings. The summed E-state index contributed by atoms with van der Waals surface area (Å²) in [6, 6.07) is 14.7. The van der Waals surface area contributed by atoms with Gasteiger partial charge in [-0.15, -0.1) is 0 Å². The van der Waals surface area contributed by atoms with Gasteiger partial charge in [-0.1, -0.05) is 153 Å². The van der Waals surface area contributed by atoms with Crippen molar-refractivity contribution in [3.05, 3.63) is 58.7 Å². The molecular formula is C40H58. The summed E-state index contributed by atoms with van der Waals surface area (Å²) in [6.45, 7) is 9.28. The first-order valence-electron chi connectivity index (χ1n) is 17.3. The van der Waals surface area contributed by atoms with Gasteiger partial charge in [-0.25, -0.2) is 0 Å². The number of hydrogen-bond acceptors (Lipinski definition) is 0. The number of rotatable bonds is 20. The Morgan fingerprint density at radius 2 is 0.675 bits per heavy atom.